The highest BCUT2D eigenvalue weighted by molar-refractivity contribution is 7.92. The highest BCUT2D eigenvalue weighted by atomic mass is 32.2. The molecule has 0 amide bonds. The van der Waals surface area contributed by atoms with E-state index in [1.807, 2.05) is 6.92 Å². The molecule has 1 fully saturated rings. The summed E-state index contributed by atoms with van der Waals surface area (Å²) >= 11 is 0. The second-order valence-electron chi connectivity index (χ2n) is 7.04. The van der Waals surface area contributed by atoms with E-state index in [0.29, 0.717) is 19.0 Å². The van der Waals surface area contributed by atoms with Gasteiger partial charge in [0.05, 0.1) is 16.9 Å². The van der Waals surface area contributed by atoms with Crippen LogP contribution >= 0.6 is 0 Å². The molecule has 1 heterocycles. The zero-order chi connectivity index (χ0) is 21.2. The normalized spacial score (nSPS) is 18.4. The van der Waals surface area contributed by atoms with Gasteiger partial charge in [0.2, 0.25) is 10.0 Å². The van der Waals surface area contributed by atoms with Crippen molar-refractivity contribution in [1.82, 2.24) is 4.31 Å². The summed E-state index contributed by atoms with van der Waals surface area (Å²) in [5.41, 5.74) is 0.173. The highest BCUT2D eigenvalue weighted by Crippen LogP contribution is 2.26. The van der Waals surface area contributed by atoms with E-state index in [1.165, 1.54) is 47.8 Å². The summed E-state index contributed by atoms with van der Waals surface area (Å²) in [6.45, 7) is 2.96. The first-order valence-corrected chi connectivity index (χ1v) is 12.0. The molecule has 1 N–H and O–H groups in total. The largest absolute Gasteiger partial charge is 0.494 e. The third-order valence-electron chi connectivity index (χ3n) is 4.80. The molecule has 7 nitrogen and oxygen atoms in total. The van der Waals surface area contributed by atoms with Crippen molar-refractivity contribution >= 4 is 25.7 Å². The van der Waals surface area contributed by atoms with Crippen LogP contribution < -0.4 is 9.46 Å². The molecule has 0 spiro atoms. The minimum Gasteiger partial charge on any atom is -0.494 e. The molecule has 1 unspecified atom stereocenters. The van der Waals surface area contributed by atoms with E-state index in [1.54, 1.807) is 0 Å². The minimum absolute atomic E-state index is 0.0643. The van der Waals surface area contributed by atoms with Crippen molar-refractivity contribution in [3.05, 3.63) is 48.3 Å². The quantitative estimate of drug-likeness (QED) is 0.742. The molecule has 0 aliphatic carbocycles. The molecule has 0 aromatic heterocycles. The van der Waals surface area contributed by atoms with Gasteiger partial charge < -0.3 is 4.74 Å². The van der Waals surface area contributed by atoms with E-state index in [-0.39, 0.29) is 21.2 Å². The van der Waals surface area contributed by atoms with Crippen LogP contribution in [0.25, 0.3) is 0 Å². The maximum atomic E-state index is 13.8. The maximum absolute atomic E-state index is 13.8. The van der Waals surface area contributed by atoms with Crippen LogP contribution in [0.5, 0.6) is 5.75 Å². The molecule has 3 rings (SSSR count). The molecule has 158 valence electrons. The molecule has 0 bridgehead atoms. The first-order valence-electron chi connectivity index (χ1n) is 9.10. The van der Waals surface area contributed by atoms with Crippen molar-refractivity contribution in [1.29, 1.82) is 0 Å². The van der Waals surface area contributed by atoms with Gasteiger partial charge in [-0.15, -0.1) is 0 Å². The van der Waals surface area contributed by atoms with E-state index in [4.69, 9.17) is 4.74 Å². The van der Waals surface area contributed by atoms with Crippen molar-refractivity contribution in [2.45, 2.75) is 29.6 Å². The molecule has 2 aromatic rings. The molecule has 1 atom stereocenters. The lowest BCUT2D eigenvalue weighted by Gasteiger charge is -2.30. The molecule has 1 aliphatic heterocycles. The second-order valence-corrected chi connectivity index (χ2v) is 10.7. The molecule has 29 heavy (non-hydrogen) atoms. The van der Waals surface area contributed by atoms with E-state index in [9.17, 15) is 21.2 Å². The number of methoxy groups -OCH3 is 1. The Morgan fingerprint density at radius 2 is 1.72 bits per heavy atom. The predicted molar refractivity (Wildman–Crippen MR) is 107 cm³/mol. The first-order chi connectivity index (χ1) is 13.6. The molecule has 0 saturated carbocycles. The molecule has 1 saturated heterocycles. The van der Waals surface area contributed by atoms with Gasteiger partial charge in [0.15, 0.2) is 11.6 Å². The number of nitrogens with one attached hydrogen (secondary N) is 1. The summed E-state index contributed by atoms with van der Waals surface area (Å²) in [7, 11) is -6.39. The van der Waals surface area contributed by atoms with Crippen LogP contribution in [0, 0.1) is 11.7 Å². The molecule has 0 radical (unpaired) electrons. The van der Waals surface area contributed by atoms with Crippen molar-refractivity contribution in [3.8, 4) is 5.75 Å². The monoisotopic (exact) mass is 442 g/mol. The Labute approximate surface area is 170 Å². The zero-order valence-electron chi connectivity index (χ0n) is 16.1. The Morgan fingerprint density at radius 1 is 1.07 bits per heavy atom. The van der Waals surface area contributed by atoms with Gasteiger partial charge in [0.25, 0.3) is 10.0 Å². The predicted octanol–water partition coefficient (Wildman–Crippen LogP) is 3.06. The van der Waals surface area contributed by atoms with Gasteiger partial charge in [-0.1, -0.05) is 6.92 Å². The number of nitrogens with zero attached hydrogens (tertiary/aromatic N) is 1. The zero-order valence-corrected chi connectivity index (χ0v) is 17.8. The van der Waals surface area contributed by atoms with E-state index >= 15 is 0 Å². The van der Waals surface area contributed by atoms with E-state index < -0.39 is 25.9 Å². The van der Waals surface area contributed by atoms with Crippen molar-refractivity contribution in [2.24, 2.45) is 5.92 Å². The van der Waals surface area contributed by atoms with Crippen LogP contribution in [0.15, 0.2) is 52.3 Å². The van der Waals surface area contributed by atoms with Crippen LogP contribution in [0.2, 0.25) is 0 Å². The Bertz CT molecular complexity index is 1090. The number of benzene rings is 2. The van der Waals surface area contributed by atoms with Crippen molar-refractivity contribution < 1.29 is 26.0 Å². The number of hydrogen-bond donors (Lipinski definition) is 1. The van der Waals surface area contributed by atoms with Crippen LogP contribution in [-0.2, 0) is 20.0 Å². The Hall–Kier alpha value is -2.17. The van der Waals surface area contributed by atoms with Crippen LogP contribution in [-0.4, -0.2) is 41.3 Å². The Morgan fingerprint density at radius 3 is 2.31 bits per heavy atom. The SMILES string of the molecule is COc1ccc(S(=O)(=O)Nc2ccc(S(=O)(=O)N3CCCC(C)C3)cc2)cc1F. The highest BCUT2D eigenvalue weighted by Gasteiger charge is 2.28. The maximum Gasteiger partial charge on any atom is 0.262 e. The number of hydrogen-bond acceptors (Lipinski definition) is 5. The summed E-state index contributed by atoms with van der Waals surface area (Å²) in [6, 6.07) is 8.77. The van der Waals surface area contributed by atoms with Crippen molar-refractivity contribution in [3.63, 3.8) is 0 Å². The third kappa shape index (κ3) is 4.71. The molecule has 10 heteroatoms. The summed E-state index contributed by atoms with van der Waals surface area (Å²) in [6.07, 6.45) is 1.81. The lowest BCUT2D eigenvalue weighted by molar-refractivity contribution is 0.281. The summed E-state index contributed by atoms with van der Waals surface area (Å²) < 4.78 is 72.9. The first kappa shape index (κ1) is 21.5. The van der Waals surface area contributed by atoms with Gasteiger partial charge in [0, 0.05) is 18.8 Å². The average Bonchev–Trinajstić information content (AvgIpc) is 2.68. The number of sulfonamides is 2. The number of anilines is 1. The topological polar surface area (TPSA) is 92.8 Å². The number of halogens is 1. The molecular formula is C19H23FN2O5S2. The average molecular weight is 443 g/mol. The van der Waals surface area contributed by atoms with Gasteiger partial charge in [-0.2, -0.15) is 4.31 Å². The van der Waals surface area contributed by atoms with Crippen molar-refractivity contribution in [2.75, 3.05) is 24.9 Å². The Balaban J connectivity index is 1.79. The summed E-state index contributed by atoms with van der Waals surface area (Å²) in [5.74, 6) is -0.562. The lowest BCUT2D eigenvalue weighted by atomic mass is 10.0. The van der Waals surface area contributed by atoms with Crippen LogP contribution in [0.3, 0.4) is 0 Å². The fourth-order valence-corrected chi connectivity index (χ4v) is 5.91. The number of rotatable bonds is 6. The van der Waals surface area contributed by atoms with Gasteiger partial charge in [0.1, 0.15) is 0 Å². The van der Waals surface area contributed by atoms with Gasteiger partial charge in [-0.3, -0.25) is 4.72 Å². The molecular weight excluding hydrogens is 419 g/mol. The standard InChI is InChI=1S/C19H23FN2O5S2/c1-14-4-3-11-22(13-14)29(25,26)16-7-5-15(6-8-16)21-28(23,24)17-9-10-19(27-2)18(20)12-17/h5-10,12,14,21H,3-4,11,13H2,1-2H3. The fraction of sp³-hybridized carbons (Fsp3) is 0.368. The minimum atomic E-state index is -4.04. The third-order valence-corrected chi connectivity index (χ3v) is 8.06. The van der Waals surface area contributed by atoms with Gasteiger partial charge >= 0.3 is 0 Å². The van der Waals surface area contributed by atoms with Gasteiger partial charge in [-0.05, 0) is 61.2 Å². The number of ether oxygens (including phenoxy) is 1. The summed E-state index contributed by atoms with van der Waals surface area (Å²) in [5, 5.41) is 0. The van der Waals surface area contributed by atoms with Gasteiger partial charge in [-0.25, -0.2) is 21.2 Å². The molecule has 1 aliphatic rings. The fourth-order valence-electron chi connectivity index (χ4n) is 3.24. The smallest absolute Gasteiger partial charge is 0.262 e. The summed E-state index contributed by atoms with van der Waals surface area (Å²) in [4.78, 5) is -0.167. The molecule has 2 aromatic carbocycles. The number of piperidine rings is 1. The van der Waals surface area contributed by atoms with Crippen LogP contribution in [0.1, 0.15) is 19.8 Å². The van der Waals surface area contributed by atoms with E-state index in [2.05, 4.69) is 4.72 Å². The lowest BCUT2D eigenvalue weighted by Crippen LogP contribution is -2.39. The van der Waals surface area contributed by atoms with E-state index in [0.717, 1.165) is 18.9 Å². The Kier molecular flexibility index (Phi) is 6.16. The second kappa shape index (κ2) is 8.29. The van der Waals surface area contributed by atoms with Crippen LogP contribution in [0.4, 0.5) is 10.1 Å².